The average molecular weight is 560 g/mol. The van der Waals surface area contributed by atoms with Gasteiger partial charge >= 0.3 is 6.18 Å². The van der Waals surface area contributed by atoms with E-state index < -0.39 is 29.1 Å². The van der Waals surface area contributed by atoms with Crippen molar-refractivity contribution in [3.63, 3.8) is 0 Å². The Morgan fingerprint density at radius 3 is 2.85 bits per heavy atom. The number of aromatic nitrogens is 2. The van der Waals surface area contributed by atoms with E-state index in [1.165, 1.54) is 30.7 Å². The largest absolute Gasteiger partial charge is 0.474 e. The first-order chi connectivity index (χ1) is 19.0. The van der Waals surface area contributed by atoms with Crippen molar-refractivity contribution in [3.8, 4) is 5.88 Å². The molecule has 1 aromatic heterocycles. The van der Waals surface area contributed by atoms with Crippen LogP contribution in [0.5, 0.6) is 5.88 Å². The van der Waals surface area contributed by atoms with Crippen molar-refractivity contribution < 1.29 is 32.2 Å². The molecule has 3 atom stereocenters. The average Bonchev–Trinajstić information content (AvgIpc) is 3.49. The summed E-state index contributed by atoms with van der Waals surface area (Å²) in [5, 5.41) is 9.10. The van der Waals surface area contributed by atoms with Crippen LogP contribution in [0.15, 0.2) is 53.2 Å². The smallest absolute Gasteiger partial charge is 0.416 e. The first-order valence-electron chi connectivity index (χ1n) is 12.9. The maximum absolute atomic E-state index is 13.8. The van der Waals surface area contributed by atoms with Crippen LogP contribution in [0.4, 0.5) is 19.0 Å². The van der Waals surface area contributed by atoms with Gasteiger partial charge in [0.15, 0.2) is 11.6 Å². The number of aliphatic imine (C=N–C) groups is 1. The first-order valence-corrected chi connectivity index (χ1v) is 12.9. The summed E-state index contributed by atoms with van der Waals surface area (Å²) < 4.78 is 57.6. The molecule has 0 spiro atoms. The lowest BCUT2D eigenvalue weighted by Gasteiger charge is -2.40. The van der Waals surface area contributed by atoms with Gasteiger partial charge in [-0.05, 0) is 32.4 Å². The molecule has 14 heteroatoms. The number of hydrogen-bond acceptors (Lipinski definition) is 10. The van der Waals surface area contributed by atoms with Gasteiger partial charge in [-0.3, -0.25) is 4.79 Å². The van der Waals surface area contributed by atoms with E-state index in [1.807, 2.05) is 13.8 Å². The highest BCUT2D eigenvalue weighted by molar-refractivity contribution is 6.00. The second-order valence-corrected chi connectivity index (χ2v) is 10.5. The number of rotatable bonds is 6. The number of hydrogen-bond donors (Lipinski definition) is 3. The standard InChI is InChI=1S/C26H28F3N7O4/c1-24(2)39-14-18(40-24)13-38-21-11-30-20(10-31-21)34-23(37)25(15-4-3-5-16(8-15)26(27,28)29)32-9-19-22(35-25)33-17-6-7-36(19)12-17/h3-5,8-11,17-18,33,35H,6-7,12-14H2,1-2H3,(H,30,34,37)/t17-,18+,25?/m0/s1. The minimum Gasteiger partial charge on any atom is -0.474 e. The number of amides is 1. The molecule has 1 unspecified atom stereocenters. The summed E-state index contributed by atoms with van der Waals surface area (Å²) in [5.74, 6) is -0.598. The second-order valence-electron chi connectivity index (χ2n) is 10.5. The van der Waals surface area contributed by atoms with Crippen molar-refractivity contribution in [2.24, 2.45) is 4.99 Å². The van der Waals surface area contributed by atoms with E-state index in [0.29, 0.717) is 12.4 Å². The van der Waals surface area contributed by atoms with Crippen LogP contribution < -0.4 is 20.7 Å². The van der Waals surface area contributed by atoms with E-state index in [1.54, 1.807) is 0 Å². The zero-order valence-electron chi connectivity index (χ0n) is 21.8. The molecule has 6 rings (SSSR count). The van der Waals surface area contributed by atoms with Gasteiger partial charge in [-0.2, -0.15) is 13.2 Å². The number of ether oxygens (including phenoxy) is 3. The molecule has 1 aromatic carbocycles. The van der Waals surface area contributed by atoms with Crippen LogP contribution in [-0.2, 0) is 26.1 Å². The fraction of sp³-hybridized carbons (Fsp3) is 0.462. The number of nitrogens with one attached hydrogen (secondary N) is 3. The highest BCUT2D eigenvalue weighted by Gasteiger charge is 2.47. The SMILES string of the molecule is CC1(C)OC[C@@H](COc2cnc(NC(=O)C3(c4cccc(C(F)(F)F)c4)N=CC4=C(N[C@H]5CCN4C5)N3)cn2)O1. The number of allylic oxidation sites excluding steroid dienone is 1. The molecule has 4 aliphatic heterocycles. The molecule has 212 valence electrons. The maximum atomic E-state index is 13.8. The molecular formula is C26H28F3N7O4. The minimum absolute atomic E-state index is 0.0203. The summed E-state index contributed by atoms with van der Waals surface area (Å²) >= 11 is 0. The molecular weight excluding hydrogens is 531 g/mol. The van der Waals surface area contributed by atoms with Gasteiger partial charge in [0.25, 0.3) is 5.91 Å². The van der Waals surface area contributed by atoms with Gasteiger partial charge < -0.3 is 35.1 Å². The fourth-order valence-electron chi connectivity index (χ4n) is 5.15. The summed E-state index contributed by atoms with van der Waals surface area (Å²) in [6.45, 7) is 5.80. The lowest BCUT2D eigenvalue weighted by molar-refractivity contribution is -0.141. The Morgan fingerprint density at radius 1 is 1.27 bits per heavy atom. The summed E-state index contributed by atoms with van der Waals surface area (Å²) in [6.07, 6.45) is 0.186. The van der Waals surface area contributed by atoms with Crippen molar-refractivity contribution in [1.29, 1.82) is 0 Å². The quantitative estimate of drug-likeness (QED) is 0.490. The number of carbonyl (C=O) groups excluding carboxylic acids is 1. The Morgan fingerprint density at radius 2 is 2.12 bits per heavy atom. The number of nitrogens with zero attached hydrogens (tertiary/aromatic N) is 4. The molecule has 0 aliphatic carbocycles. The molecule has 2 fully saturated rings. The fourth-order valence-corrected chi connectivity index (χ4v) is 5.15. The molecule has 1 amide bonds. The minimum atomic E-state index is -4.60. The highest BCUT2D eigenvalue weighted by Crippen LogP contribution is 2.36. The summed E-state index contributed by atoms with van der Waals surface area (Å²) in [6, 6.07) is 4.71. The topological polar surface area (TPSA) is 122 Å². The van der Waals surface area contributed by atoms with E-state index >= 15 is 0 Å². The molecule has 4 aliphatic rings. The molecule has 2 aromatic rings. The number of fused-ring (bicyclic) bond motifs is 3. The third kappa shape index (κ3) is 5.04. The summed E-state index contributed by atoms with van der Waals surface area (Å²) in [7, 11) is 0. The van der Waals surface area contributed by atoms with Gasteiger partial charge in [-0.1, -0.05) is 12.1 Å². The number of halogens is 3. The van der Waals surface area contributed by atoms with Gasteiger partial charge in [0.1, 0.15) is 18.5 Å². The highest BCUT2D eigenvalue weighted by atomic mass is 19.4. The van der Waals surface area contributed by atoms with Crippen molar-refractivity contribution in [1.82, 2.24) is 25.5 Å². The Balaban J connectivity index is 1.23. The van der Waals surface area contributed by atoms with Crippen molar-refractivity contribution in [2.75, 3.05) is 31.6 Å². The van der Waals surface area contributed by atoms with Gasteiger partial charge in [0, 0.05) is 24.7 Å². The number of benzene rings is 1. The second kappa shape index (κ2) is 9.63. The van der Waals surface area contributed by atoms with Crippen LogP contribution in [0.25, 0.3) is 0 Å². The monoisotopic (exact) mass is 559 g/mol. The lowest BCUT2D eigenvalue weighted by atomic mass is 9.95. The van der Waals surface area contributed by atoms with Crippen LogP contribution >= 0.6 is 0 Å². The van der Waals surface area contributed by atoms with Crippen molar-refractivity contribution >= 4 is 17.9 Å². The molecule has 0 saturated carbocycles. The van der Waals surface area contributed by atoms with Crippen LogP contribution in [-0.4, -0.2) is 71.2 Å². The van der Waals surface area contributed by atoms with Gasteiger partial charge in [0.05, 0.1) is 36.5 Å². The molecule has 5 heterocycles. The van der Waals surface area contributed by atoms with Crippen molar-refractivity contribution in [2.45, 2.75) is 50.0 Å². The third-order valence-corrected chi connectivity index (χ3v) is 7.11. The Bertz CT molecular complexity index is 1360. The summed E-state index contributed by atoms with van der Waals surface area (Å²) in [5.41, 5.74) is -2.01. The molecule has 2 bridgehead atoms. The molecule has 11 nitrogen and oxygen atoms in total. The van der Waals surface area contributed by atoms with Crippen molar-refractivity contribution in [3.05, 3.63) is 59.3 Å². The lowest BCUT2D eigenvalue weighted by Crippen LogP contribution is -2.57. The Hall–Kier alpha value is -3.91. The van der Waals surface area contributed by atoms with Gasteiger partial charge in [-0.15, -0.1) is 0 Å². The van der Waals surface area contributed by atoms with Crippen LogP contribution in [0.3, 0.4) is 0 Å². The molecule has 40 heavy (non-hydrogen) atoms. The molecule has 0 radical (unpaired) electrons. The number of anilines is 1. The maximum Gasteiger partial charge on any atom is 0.416 e. The Kier molecular flexibility index (Phi) is 6.33. The number of alkyl halides is 3. The van der Waals surface area contributed by atoms with E-state index in [-0.39, 0.29) is 36.0 Å². The van der Waals surface area contributed by atoms with E-state index in [9.17, 15) is 18.0 Å². The first kappa shape index (κ1) is 26.3. The predicted octanol–water partition coefficient (Wildman–Crippen LogP) is 2.34. The zero-order chi connectivity index (χ0) is 28.1. The number of carbonyl (C=O) groups is 1. The van der Waals surface area contributed by atoms with Gasteiger partial charge in [0.2, 0.25) is 11.5 Å². The normalized spacial score (nSPS) is 26.7. The zero-order valence-corrected chi connectivity index (χ0v) is 21.8. The van der Waals surface area contributed by atoms with Crippen LogP contribution in [0.1, 0.15) is 31.4 Å². The van der Waals surface area contributed by atoms with Crippen LogP contribution in [0.2, 0.25) is 0 Å². The Labute approximate surface area is 227 Å². The summed E-state index contributed by atoms with van der Waals surface area (Å²) in [4.78, 5) is 28.8. The van der Waals surface area contributed by atoms with E-state index in [0.717, 1.165) is 37.3 Å². The van der Waals surface area contributed by atoms with Gasteiger partial charge in [-0.25, -0.2) is 15.0 Å². The predicted molar refractivity (Wildman–Crippen MR) is 136 cm³/mol. The van der Waals surface area contributed by atoms with E-state index in [2.05, 4.69) is 35.8 Å². The molecule has 2 saturated heterocycles. The third-order valence-electron chi connectivity index (χ3n) is 7.11. The van der Waals surface area contributed by atoms with Crippen LogP contribution in [0, 0.1) is 0 Å². The molecule has 3 N–H and O–H groups in total. The van der Waals surface area contributed by atoms with E-state index in [4.69, 9.17) is 14.2 Å².